The Labute approximate surface area is 56.1 Å². The van der Waals surface area contributed by atoms with Gasteiger partial charge in [0.15, 0.2) is 0 Å². The number of isothiocyanates is 1. The molecule has 0 aliphatic rings. The summed E-state index contributed by atoms with van der Waals surface area (Å²) < 4.78 is 3.52. The fourth-order valence-corrected chi connectivity index (χ4v) is 0.902. The van der Waals surface area contributed by atoms with Crippen molar-refractivity contribution in [2.24, 2.45) is 4.02 Å². The highest BCUT2D eigenvalue weighted by Crippen LogP contribution is 1.86. The molecule has 0 radical (unpaired) electrons. The number of hydrogen-bond acceptors (Lipinski definition) is 1. The van der Waals surface area contributed by atoms with Crippen LogP contribution in [0.1, 0.15) is 13.3 Å². The summed E-state index contributed by atoms with van der Waals surface area (Å²) >= 11 is 4.07. The molecule has 1 nitrogen and oxygen atoms in total. The first-order valence-corrected chi connectivity index (χ1v) is 3.93. The van der Waals surface area contributed by atoms with Gasteiger partial charge in [-0.25, -0.2) is 0 Å². The summed E-state index contributed by atoms with van der Waals surface area (Å²) in [6.45, 7) is 2.14. The van der Waals surface area contributed by atoms with Gasteiger partial charge in [-0.2, -0.15) is 4.02 Å². The van der Waals surface area contributed by atoms with Gasteiger partial charge in [0.2, 0.25) is 0 Å². The monoisotopic (exact) mass is 181 g/mol. The van der Waals surface area contributed by atoms with E-state index in [0.717, 1.165) is 5.75 Å². The predicted molar refractivity (Wildman–Crippen MR) is 40.5 cm³/mol. The van der Waals surface area contributed by atoms with Crippen LogP contribution in [0.15, 0.2) is 4.02 Å². The molecule has 0 saturated heterocycles. The Morgan fingerprint density at radius 2 is 2.57 bits per heavy atom. The number of nitrogens with zero attached hydrogens (tertiary/aromatic N) is 1. The van der Waals surface area contributed by atoms with E-state index in [0.29, 0.717) is 0 Å². The molecule has 0 heterocycles. The van der Waals surface area contributed by atoms with Gasteiger partial charge in [0.1, 0.15) is 0 Å². The Morgan fingerprint density at radius 1 is 1.86 bits per heavy atom. The van der Waals surface area contributed by atoms with Crippen LogP contribution in [0.5, 0.6) is 0 Å². The molecule has 0 aliphatic heterocycles. The lowest BCUT2D eigenvalue weighted by molar-refractivity contribution is 1.11. The van der Waals surface area contributed by atoms with Crippen molar-refractivity contribution < 1.29 is 0 Å². The van der Waals surface area contributed by atoms with Crippen LogP contribution in [0, 0.1) is 0 Å². The molecule has 0 amide bonds. The Balaban J connectivity index is 3.10. The Bertz CT molecular complexity index is 85.7. The SMILES string of the molecule is CCC[SH]=C=NBr. The van der Waals surface area contributed by atoms with Crippen LogP contribution in [0.4, 0.5) is 0 Å². The third-order valence-corrected chi connectivity index (χ3v) is 1.81. The maximum atomic E-state index is 3.52. The molecule has 0 aliphatic carbocycles. The lowest BCUT2D eigenvalue weighted by Gasteiger charge is -1.74. The molecular formula is C4H8BrNS. The minimum atomic E-state index is 1.16. The third kappa shape index (κ3) is 6.41. The van der Waals surface area contributed by atoms with Crippen molar-refractivity contribution in [1.82, 2.24) is 0 Å². The van der Waals surface area contributed by atoms with Crippen LogP contribution in [-0.2, 0) is 0 Å². The zero-order valence-electron chi connectivity index (χ0n) is 4.19. The zero-order chi connectivity index (χ0) is 5.54. The van der Waals surface area contributed by atoms with E-state index in [1.54, 1.807) is 0 Å². The fourth-order valence-electron chi connectivity index (χ4n) is 0.189. The first-order valence-electron chi connectivity index (χ1n) is 2.14. The van der Waals surface area contributed by atoms with Gasteiger partial charge in [-0.15, -0.1) is 11.4 Å². The zero-order valence-corrected chi connectivity index (χ0v) is 6.67. The van der Waals surface area contributed by atoms with E-state index in [1.807, 2.05) is 0 Å². The summed E-state index contributed by atoms with van der Waals surface area (Å²) in [5, 5.41) is 2.76. The summed E-state index contributed by atoms with van der Waals surface area (Å²) in [6.07, 6.45) is 1.21. The van der Waals surface area contributed by atoms with Gasteiger partial charge in [0.25, 0.3) is 0 Å². The number of thiol groups is 1. The molecule has 7 heavy (non-hydrogen) atoms. The predicted octanol–water partition coefficient (Wildman–Crippen LogP) is 2.08. The molecule has 0 atom stereocenters. The van der Waals surface area contributed by atoms with E-state index in [4.69, 9.17) is 0 Å². The topological polar surface area (TPSA) is 12.4 Å². The van der Waals surface area contributed by atoms with E-state index >= 15 is 0 Å². The van der Waals surface area contributed by atoms with Crippen LogP contribution < -0.4 is 0 Å². The molecule has 3 heteroatoms. The third-order valence-electron chi connectivity index (χ3n) is 0.444. The number of halogens is 1. The molecule has 0 rings (SSSR count). The molecule has 0 spiro atoms. The Hall–Kier alpha value is 0.410. The van der Waals surface area contributed by atoms with Gasteiger partial charge in [-0.05, 0) is 12.2 Å². The van der Waals surface area contributed by atoms with Crippen molar-refractivity contribution in [1.29, 1.82) is 0 Å². The normalized spacial score (nSPS) is 7.71. The second-order valence-corrected chi connectivity index (χ2v) is 2.38. The lowest BCUT2D eigenvalue weighted by Crippen LogP contribution is -1.61. The van der Waals surface area contributed by atoms with Crippen molar-refractivity contribution in [2.45, 2.75) is 13.3 Å². The quantitative estimate of drug-likeness (QED) is 0.381. The molecule has 0 fully saturated rings. The van der Waals surface area contributed by atoms with Gasteiger partial charge in [-0.3, -0.25) is 0 Å². The highest BCUT2D eigenvalue weighted by atomic mass is 79.9. The van der Waals surface area contributed by atoms with Gasteiger partial charge < -0.3 is 0 Å². The van der Waals surface area contributed by atoms with Crippen molar-refractivity contribution in [2.75, 3.05) is 5.75 Å². The largest absolute Gasteiger partial charge is 0.158 e. The highest BCUT2D eigenvalue weighted by Gasteiger charge is 1.64. The van der Waals surface area contributed by atoms with E-state index in [9.17, 15) is 0 Å². The van der Waals surface area contributed by atoms with Crippen molar-refractivity contribution in [3.05, 3.63) is 0 Å². The molecular weight excluding hydrogens is 174 g/mol. The van der Waals surface area contributed by atoms with Gasteiger partial charge in [0.05, 0.1) is 16.1 Å². The second-order valence-electron chi connectivity index (χ2n) is 1.07. The second kappa shape index (κ2) is 6.41. The Kier molecular flexibility index (Phi) is 6.79. The van der Waals surface area contributed by atoms with Crippen molar-refractivity contribution in [3.63, 3.8) is 0 Å². The summed E-state index contributed by atoms with van der Waals surface area (Å²) in [5.74, 6) is 1.16. The van der Waals surface area contributed by atoms with Crippen LogP contribution in [0.3, 0.4) is 0 Å². The van der Waals surface area contributed by atoms with Gasteiger partial charge in [-0.1, -0.05) is 6.92 Å². The first kappa shape index (κ1) is 7.41. The maximum absolute atomic E-state index is 3.52. The molecule has 0 aromatic heterocycles. The summed E-state index contributed by atoms with van der Waals surface area (Å²) in [5.41, 5.74) is 0. The average molecular weight is 182 g/mol. The first-order chi connectivity index (χ1) is 3.41. The average Bonchev–Trinajstić information content (AvgIpc) is 1.69. The minimum Gasteiger partial charge on any atom is -0.158 e. The number of hydrogen-bond donors (Lipinski definition) is 1. The van der Waals surface area contributed by atoms with Gasteiger partial charge in [0, 0.05) is 5.16 Å². The highest BCUT2D eigenvalue weighted by molar-refractivity contribution is 9.08. The van der Waals surface area contributed by atoms with Crippen molar-refractivity contribution >= 4 is 32.7 Å². The molecule has 0 unspecified atom stereocenters. The molecule has 0 saturated carbocycles. The molecule has 0 aromatic rings. The van der Waals surface area contributed by atoms with E-state index in [1.165, 1.54) is 17.8 Å². The smallest absolute Gasteiger partial charge is 0.0855 e. The van der Waals surface area contributed by atoms with E-state index in [-0.39, 0.29) is 0 Å². The summed E-state index contributed by atoms with van der Waals surface area (Å²) in [7, 11) is 0. The van der Waals surface area contributed by atoms with Crippen LogP contribution in [-0.4, -0.2) is 10.9 Å². The standard InChI is InChI=1S/C4H8BrNS/c1-2-3-7-4-6-5/h7H,2-3H2,1H3. The van der Waals surface area contributed by atoms with E-state index < -0.39 is 0 Å². The minimum absolute atomic E-state index is 1.16. The lowest BCUT2D eigenvalue weighted by atomic mass is 10.6. The van der Waals surface area contributed by atoms with Crippen LogP contribution in [0.2, 0.25) is 0 Å². The Morgan fingerprint density at radius 3 is 3.00 bits per heavy atom. The van der Waals surface area contributed by atoms with Crippen molar-refractivity contribution in [3.8, 4) is 0 Å². The molecule has 0 aromatic carbocycles. The van der Waals surface area contributed by atoms with E-state index in [2.05, 4.69) is 32.3 Å². The molecule has 42 valence electrons. The number of rotatable bonds is 2. The summed E-state index contributed by atoms with van der Waals surface area (Å²) in [6, 6.07) is 0. The van der Waals surface area contributed by atoms with Crippen LogP contribution >= 0.6 is 27.5 Å². The maximum Gasteiger partial charge on any atom is 0.0855 e. The molecule has 0 N–H and O–H groups in total. The molecule has 0 bridgehead atoms. The summed E-state index contributed by atoms with van der Waals surface area (Å²) in [4.78, 5) is 0. The fraction of sp³-hybridized carbons (Fsp3) is 0.750. The van der Waals surface area contributed by atoms with Crippen LogP contribution in [0.25, 0.3) is 0 Å². The van der Waals surface area contributed by atoms with Gasteiger partial charge >= 0.3 is 0 Å².